The first-order chi connectivity index (χ1) is 8.52. The van der Waals surface area contributed by atoms with Gasteiger partial charge < -0.3 is 9.72 Å². The first-order valence-corrected chi connectivity index (χ1v) is 5.84. The van der Waals surface area contributed by atoms with Gasteiger partial charge in [0.25, 0.3) is 5.56 Å². The molecule has 5 nitrogen and oxygen atoms in total. The topological polar surface area (TPSA) is 72.0 Å². The van der Waals surface area contributed by atoms with Gasteiger partial charge in [0.1, 0.15) is 0 Å². The van der Waals surface area contributed by atoms with Crippen LogP contribution in [-0.2, 0) is 4.74 Å². The van der Waals surface area contributed by atoms with E-state index in [0.717, 1.165) is 0 Å². The number of benzene rings is 1. The zero-order chi connectivity index (χ0) is 13.3. The molecule has 18 heavy (non-hydrogen) atoms. The highest BCUT2D eigenvalue weighted by molar-refractivity contribution is 6.38. The van der Waals surface area contributed by atoms with E-state index < -0.39 is 11.5 Å². The molecule has 0 radical (unpaired) electrons. The van der Waals surface area contributed by atoms with Gasteiger partial charge in [-0.25, -0.2) is 9.78 Å². The van der Waals surface area contributed by atoms with Crippen LogP contribution in [0.25, 0.3) is 11.0 Å². The number of carbonyl (C=O) groups is 1. The second-order valence-electron chi connectivity index (χ2n) is 3.42. The fourth-order valence-electron chi connectivity index (χ4n) is 1.45. The Morgan fingerprint density at radius 2 is 2.17 bits per heavy atom. The number of nitrogens with zero attached hydrogens (tertiary/aromatic N) is 1. The zero-order valence-corrected chi connectivity index (χ0v) is 10.8. The van der Waals surface area contributed by atoms with Gasteiger partial charge >= 0.3 is 5.97 Å². The van der Waals surface area contributed by atoms with E-state index >= 15 is 0 Å². The van der Waals surface area contributed by atoms with E-state index in [1.807, 2.05) is 0 Å². The Labute approximate surface area is 112 Å². The number of fused-ring (bicyclic) bond motifs is 1. The molecule has 0 fully saturated rings. The molecule has 0 amide bonds. The van der Waals surface area contributed by atoms with Crippen molar-refractivity contribution < 1.29 is 9.53 Å². The lowest BCUT2D eigenvalue weighted by molar-refractivity contribution is 0.0517. The quantitative estimate of drug-likeness (QED) is 0.861. The number of aromatic amines is 1. The average molecular weight is 287 g/mol. The minimum absolute atomic E-state index is 0.161. The monoisotopic (exact) mass is 286 g/mol. The summed E-state index contributed by atoms with van der Waals surface area (Å²) in [5.74, 6) is -0.781. The van der Waals surface area contributed by atoms with E-state index in [4.69, 9.17) is 27.9 Å². The molecule has 1 aromatic carbocycles. The number of esters is 1. The maximum absolute atomic E-state index is 11.7. The van der Waals surface area contributed by atoms with Gasteiger partial charge in [-0.1, -0.05) is 23.2 Å². The Morgan fingerprint density at radius 1 is 1.44 bits per heavy atom. The second kappa shape index (κ2) is 4.96. The van der Waals surface area contributed by atoms with Crippen LogP contribution in [0, 0.1) is 0 Å². The van der Waals surface area contributed by atoms with Gasteiger partial charge in [0.05, 0.1) is 22.7 Å². The molecule has 0 bridgehead atoms. The van der Waals surface area contributed by atoms with Crippen molar-refractivity contribution in [3.8, 4) is 0 Å². The van der Waals surface area contributed by atoms with E-state index in [-0.39, 0.29) is 17.3 Å². The van der Waals surface area contributed by atoms with E-state index in [0.29, 0.717) is 16.1 Å². The average Bonchev–Trinajstić information content (AvgIpc) is 2.29. The summed E-state index contributed by atoms with van der Waals surface area (Å²) in [7, 11) is 0. The van der Waals surface area contributed by atoms with Crippen LogP contribution in [0.15, 0.2) is 16.9 Å². The van der Waals surface area contributed by atoms with E-state index in [2.05, 4.69) is 9.97 Å². The van der Waals surface area contributed by atoms with Crippen molar-refractivity contribution in [3.63, 3.8) is 0 Å². The predicted octanol–water partition coefficient (Wildman–Crippen LogP) is 2.41. The van der Waals surface area contributed by atoms with Crippen LogP contribution in [0.4, 0.5) is 0 Å². The highest BCUT2D eigenvalue weighted by atomic mass is 35.5. The molecule has 2 rings (SSSR count). The van der Waals surface area contributed by atoms with Crippen molar-refractivity contribution in [3.05, 3.63) is 38.2 Å². The lowest BCUT2D eigenvalue weighted by Gasteiger charge is -2.04. The van der Waals surface area contributed by atoms with Gasteiger partial charge in [-0.2, -0.15) is 0 Å². The Morgan fingerprint density at radius 3 is 2.83 bits per heavy atom. The van der Waals surface area contributed by atoms with Crippen molar-refractivity contribution in [2.24, 2.45) is 0 Å². The fraction of sp³-hybridized carbons (Fsp3) is 0.182. The van der Waals surface area contributed by atoms with Crippen LogP contribution in [-0.4, -0.2) is 22.5 Å². The molecule has 1 heterocycles. The summed E-state index contributed by atoms with van der Waals surface area (Å²) in [5, 5.41) is 0.624. The van der Waals surface area contributed by atoms with E-state index in [1.54, 1.807) is 6.92 Å². The number of halogens is 2. The van der Waals surface area contributed by atoms with E-state index in [9.17, 15) is 9.59 Å². The molecule has 0 spiro atoms. The van der Waals surface area contributed by atoms with Gasteiger partial charge in [-0.05, 0) is 19.1 Å². The Kier molecular flexibility index (Phi) is 3.54. The molecule has 0 atom stereocenters. The van der Waals surface area contributed by atoms with Crippen LogP contribution < -0.4 is 5.56 Å². The largest absolute Gasteiger partial charge is 0.461 e. The molecule has 1 N–H and O–H groups in total. The molecule has 0 saturated heterocycles. The third-order valence-electron chi connectivity index (χ3n) is 2.19. The SMILES string of the molecule is CCOC(=O)c1nc2cc(Cl)cc(Cl)c2[nH]c1=O. The van der Waals surface area contributed by atoms with Crippen LogP contribution in [0.2, 0.25) is 10.0 Å². The molecule has 2 aromatic rings. The lowest BCUT2D eigenvalue weighted by atomic mass is 10.3. The Bertz CT molecular complexity index is 682. The number of ether oxygens (including phenoxy) is 1. The smallest absolute Gasteiger partial charge is 0.362 e. The molecule has 0 unspecified atom stereocenters. The molecule has 1 aromatic heterocycles. The standard InChI is InChI=1S/C11H8Cl2N2O3/c1-2-18-11(17)9-10(16)15-8-6(13)3-5(12)4-7(8)14-9/h3-4H,2H2,1H3,(H,15,16). The van der Waals surface area contributed by atoms with Crippen molar-refractivity contribution >= 4 is 40.2 Å². The van der Waals surface area contributed by atoms with Crippen molar-refractivity contribution in [2.45, 2.75) is 6.92 Å². The lowest BCUT2D eigenvalue weighted by Crippen LogP contribution is -2.22. The number of rotatable bonds is 2. The number of hydrogen-bond acceptors (Lipinski definition) is 4. The minimum atomic E-state index is -0.781. The van der Waals surface area contributed by atoms with Crippen LogP contribution >= 0.6 is 23.2 Å². The third-order valence-corrected chi connectivity index (χ3v) is 2.71. The summed E-state index contributed by atoms with van der Waals surface area (Å²) in [6.45, 7) is 1.80. The summed E-state index contributed by atoms with van der Waals surface area (Å²) >= 11 is 11.7. The van der Waals surface area contributed by atoms with Crippen LogP contribution in [0.3, 0.4) is 0 Å². The van der Waals surface area contributed by atoms with Gasteiger partial charge in [0, 0.05) is 5.02 Å². The molecule has 94 valence electrons. The summed E-state index contributed by atoms with van der Waals surface area (Å²) in [6, 6.07) is 2.98. The normalized spacial score (nSPS) is 10.6. The number of hydrogen-bond donors (Lipinski definition) is 1. The first kappa shape index (κ1) is 12.9. The summed E-state index contributed by atoms with van der Waals surface area (Å²) in [4.78, 5) is 29.6. The Balaban J connectivity index is 2.68. The molecular formula is C11H8Cl2N2O3. The first-order valence-electron chi connectivity index (χ1n) is 5.09. The zero-order valence-electron chi connectivity index (χ0n) is 9.29. The fourth-order valence-corrected chi connectivity index (χ4v) is 1.98. The maximum atomic E-state index is 11.7. The Hall–Kier alpha value is -1.59. The molecule has 0 aliphatic heterocycles. The van der Waals surface area contributed by atoms with Gasteiger partial charge in [0.15, 0.2) is 0 Å². The number of aromatic nitrogens is 2. The number of carbonyl (C=O) groups excluding carboxylic acids is 1. The van der Waals surface area contributed by atoms with Crippen LogP contribution in [0.5, 0.6) is 0 Å². The van der Waals surface area contributed by atoms with Gasteiger partial charge in [0.2, 0.25) is 5.69 Å². The highest BCUT2D eigenvalue weighted by Crippen LogP contribution is 2.24. The number of H-pyrrole nitrogens is 1. The predicted molar refractivity (Wildman–Crippen MR) is 68.3 cm³/mol. The van der Waals surface area contributed by atoms with Gasteiger partial charge in [-0.15, -0.1) is 0 Å². The molecule has 7 heteroatoms. The molecule has 0 aliphatic carbocycles. The minimum Gasteiger partial charge on any atom is -0.461 e. The summed E-state index contributed by atoms with van der Waals surface area (Å²) < 4.78 is 4.73. The highest BCUT2D eigenvalue weighted by Gasteiger charge is 2.16. The molecular weight excluding hydrogens is 279 g/mol. The van der Waals surface area contributed by atoms with Gasteiger partial charge in [-0.3, -0.25) is 4.79 Å². The van der Waals surface area contributed by atoms with Crippen molar-refractivity contribution in [2.75, 3.05) is 6.61 Å². The number of nitrogens with one attached hydrogen (secondary N) is 1. The van der Waals surface area contributed by atoms with Crippen LogP contribution in [0.1, 0.15) is 17.4 Å². The van der Waals surface area contributed by atoms with Crippen molar-refractivity contribution in [1.82, 2.24) is 9.97 Å². The summed E-state index contributed by atoms with van der Waals surface area (Å²) in [6.07, 6.45) is 0. The summed E-state index contributed by atoms with van der Waals surface area (Å²) in [5.41, 5.74) is -0.304. The van der Waals surface area contributed by atoms with Crippen molar-refractivity contribution in [1.29, 1.82) is 0 Å². The maximum Gasteiger partial charge on any atom is 0.362 e. The third kappa shape index (κ3) is 2.32. The molecule has 0 saturated carbocycles. The molecule has 0 aliphatic rings. The second-order valence-corrected chi connectivity index (χ2v) is 4.26. The van der Waals surface area contributed by atoms with E-state index in [1.165, 1.54) is 12.1 Å².